The molecule has 0 radical (unpaired) electrons. The van der Waals surface area contributed by atoms with Crippen LogP contribution in [-0.4, -0.2) is 17.6 Å². The summed E-state index contributed by atoms with van der Waals surface area (Å²) in [6.07, 6.45) is 6.40. The van der Waals surface area contributed by atoms with Crippen LogP contribution in [0.3, 0.4) is 0 Å². The summed E-state index contributed by atoms with van der Waals surface area (Å²) >= 11 is 4.41. The van der Waals surface area contributed by atoms with Crippen LogP contribution in [0.5, 0.6) is 0 Å². The molecule has 0 heterocycles. The van der Waals surface area contributed by atoms with Gasteiger partial charge in [-0.1, -0.05) is 38.8 Å². The highest BCUT2D eigenvalue weighted by molar-refractivity contribution is 7.81. The van der Waals surface area contributed by atoms with Gasteiger partial charge in [-0.05, 0) is 48.4 Å². The molecule has 1 aromatic rings. The standard InChI is InChI=1S/C16H21NO2S/c1-3-6-17(20)15-9-12(4-5-13-7-11(13)2)8-14(10-15)16(18)19/h4-5,8-11,13,20H,3,6-7H2,1-2H3,(H,18,19)/b5-4-. The molecule has 2 rings (SSSR count). The van der Waals surface area contributed by atoms with Crippen molar-refractivity contribution in [1.82, 2.24) is 0 Å². The van der Waals surface area contributed by atoms with E-state index in [0.29, 0.717) is 11.5 Å². The average molecular weight is 291 g/mol. The maximum atomic E-state index is 11.2. The number of anilines is 1. The Balaban J connectivity index is 2.25. The van der Waals surface area contributed by atoms with E-state index in [4.69, 9.17) is 0 Å². The van der Waals surface area contributed by atoms with Gasteiger partial charge in [-0.3, -0.25) is 0 Å². The molecule has 1 N–H and O–H groups in total. The molecule has 2 atom stereocenters. The molecular formula is C16H21NO2S. The molecule has 1 aliphatic rings. The van der Waals surface area contributed by atoms with Crippen molar-refractivity contribution in [3.8, 4) is 0 Å². The first-order valence-electron chi connectivity index (χ1n) is 7.04. The molecule has 4 heteroatoms. The summed E-state index contributed by atoms with van der Waals surface area (Å²) in [6, 6.07) is 5.36. The SMILES string of the molecule is CCCN(S)c1cc(/C=C\C2CC2C)cc(C(=O)O)c1. The zero-order valence-electron chi connectivity index (χ0n) is 11.9. The highest BCUT2D eigenvalue weighted by Gasteiger charge is 2.29. The first-order chi connectivity index (χ1) is 9.51. The van der Waals surface area contributed by atoms with Crippen molar-refractivity contribution >= 4 is 30.5 Å². The summed E-state index contributed by atoms with van der Waals surface area (Å²) in [4.78, 5) is 11.2. The molecule has 1 fully saturated rings. The lowest BCUT2D eigenvalue weighted by molar-refractivity contribution is 0.0697. The zero-order chi connectivity index (χ0) is 14.7. The largest absolute Gasteiger partial charge is 0.478 e. The fraction of sp³-hybridized carbons (Fsp3) is 0.438. The number of allylic oxidation sites excluding steroid dienone is 1. The van der Waals surface area contributed by atoms with Gasteiger partial charge in [0.15, 0.2) is 0 Å². The molecule has 1 aromatic carbocycles. The molecule has 3 nitrogen and oxygen atoms in total. The van der Waals surface area contributed by atoms with Crippen LogP contribution in [-0.2, 0) is 0 Å². The first-order valence-corrected chi connectivity index (χ1v) is 7.44. The van der Waals surface area contributed by atoms with Crippen molar-refractivity contribution < 1.29 is 9.90 Å². The molecular weight excluding hydrogens is 270 g/mol. The molecule has 0 amide bonds. The van der Waals surface area contributed by atoms with Gasteiger partial charge in [-0.15, -0.1) is 0 Å². The highest BCUT2D eigenvalue weighted by Crippen LogP contribution is 2.39. The monoisotopic (exact) mass is 291 g/mol. The summed E-state index contributed by atoms with van der Waals surface area (Å²) in [5, 5.41) is 9.21. The van der Waals surface area contributed by atoms with Gasteiger partial charge in [-0.25, -0.2) is 4.79 Å². The number of hydrogen-bond acceptors (Lipinski definition) is 3. The third-order valence-electron chi connectivity index (χ3n) is 3.63. The summed E-state index contributed by atoms with van der Waals surface area (Å²) < 4.78 is 1.80. The Labute approximate surface area is 125 Å². The smallest absolute Gasteiger partial charge is 0.335 e. The predicted molar refractivity (Wildman–Crippen MR) is 86.3 cm³/mol. The lowest BCUT2D eigenvalue weighted by Gasteiger charge is -2.17. The molecule has 0 aliphatic heterocycles. The number of carboxylic acids is 1. The van der Waals surface area contributed by atoms with Crippen molar-refractivity contribution in [3.05, 3.63) is 35.4 Å². The van der Waals surface area contributed by atoms with Gasteiger partial charge in [0.1, 0.15) is 0 Å². The molecule has 108 valence electrons. The molecule has 0 bridgehead atoms. The van der Waals surface area contributed by atoms with Gasteiger partial charge in [0.25, 0.3) is 0 Å². The van der Waals surface area contributed by atoms with Gasteiger partial charge in [0.2, 0.25) is 0 Å². The van der Waals surface area contributed by atoms with E-state index in [1.165, 1.54) is 6.42 Å². The minimum absolute atomic E-state index is 0.307. The van der Waals surface area contributed by atoms with Crippen LogP contribution in [0.2, 0.25) is 0 Å². The predicted octanol–water partition coefficient (Wildman–Crippen LogP) is 4.12. The lowest BCUT2D eigenvalue weighted by Crippen LogP contribution is -2.12. The Hall–Kier alpha value is -1.42. The Morgan fingerprint density at radius 2 is 2.20 bits per heavy atom. The number of rotatable bonds is 6. The van der Waals surface area contributed by atoms with Crippen molar-refractivity contribution in [2.24, 2.45) is 11.8 Å². The number of carboxylic acid groups (broad SMARTS) is 1. The Bertz CT molecular complexity index is 527. The second-order valence-electron chi connectivity index (χ2n) is 5.48. The van der Waals surface area contributed by atoms with Crippen molar-refractivity contribution in [3.63, 3.8) is 0 Å². The maximum absolute atomic E-state index is 11.2. The highest BCUT2D eigenvalue weighted by atomic mass is 32.1. The van der Waals surface area contributed by atoms with Gasteiger partial charge in [-0.2, -0.15) is 0 Å². The third-order valence-corrected chi connectivity index (χ3v) is 4.06. The van der Waals surface area contributed by atoms with Gasteiger partial charge in [0, 0.05) is 12.2 Å². The quantitative estimate of drug-likeness (QED) is 0.775. The van der Waals surface area contributed by atoms with Gasteiger partial charge in [0.05, 0.1) is 5.56 Å². The van der Waals surface area contributed by atoms with E-state index in [0.717, 1.165) is 30.1 Å². The maximum Gasteiger partial charge on any atom is 0.335 e. The lowest BCUT2D eigenvalue weighted by atomic mass is 10.1. The van der Waals surface area contributed by atoms with E-state index in [1.807, 2.05) is 12.1 Å². The van der Waals surface area contributed by atoms with Crippen LogP contribution in [0.15, 0.2) is 24.3 Å². The van der Waals surface area contributed by atoms with Crippen molar-refractivity contribution in [1.29, 1.82) is 0 Å². The molecule has 0 aromatic heterocycles. The Morgan fingerprint density at radius 1 is 1.50 bits per heavy atom. The topological polar surface area (TPSA) is 40.5 Å². The molecule has 1 aliphatic carbocycles. The van der Waals surface area contributed by atoms with Gasteiger partial charge < -0.3 is 9.41 Å². The number of nitrogens with zero attached hydrogens (tertiary/aromatic N) is 1. The fourth-order valence-electron chi connectivity index (χ4n) is 2.20. The summed E-state index contributed by atoms with van der Waals surface area (Å²) in [6.45, 7) is 5.08. The summed E-state index contributed by atoms with van der Waals surface area (Å²) in [5.41, 5.74) is 2.06. The van der Waals surface area contributed by atoms with Crippen LogP contribution in [0.25, 0.3) is 6.08 Å². The number of aromatic carboxylic acids is 1. The minimum Gasteiger partial charge on any atom is -0.478 e. The summed E-state index contributed by atoms with van der Waals surface area (Å²) in [7, 11) is 0. The van der Waals surface area contributed by atoms with Crippen LogP contribution in [0, 0.1) is 11.8 Å². The molecule has 20 heavy (non-hydrogen) atoms. The van der Waals surface area contributed by atoms with Crippen molar-refractivity contribution in [2.45, 2.75) is 26.7 Å². The Morgan fingerprint density at radius 3 is 2.75 bits per heavy atom. The van der Waals surface area contributed by atoms with Crippen LogP contribution >= 0.6 is 12.8 Å². The van der Waals surface area contributed by atoms with Crippen LogP contribution < -0.4 is 4.31 Å². The fourth-order valence-corrected chi connectivity index (χ4v) is 2.51. The second-order valence-corrected chi connectivity index (χ2v) is 5.96. The van der Waals surface area contributed by atoms with Crippen LogP contribution in [0.1, 0.15) is 42.6 Å². The van der Waals surface area contributed by atoms with E-state index >= 15 is 0 Å². The first kappa shape index (κ1) is 15.0. The van der Waals surface area contributed by atoms with E-state index in [2.05, 4.69) is 32.7 Å². The van der Waals surface area contributed by atoms with E-state index in [9.17, 15) is 9.90 Å². The number of thiol groups is 1. The zero-order valence-corrected chi connectivity index (χ0v) is 12.8. The number of hydrogen-bond donors (Lipinski definition) is 2. The molecule has 0 spiro atoms. The normalized spacial score (nSPS) is 21.1. The van der Waals surface area contributed by atoms with Crippen LogP contribution in [0.4, 0.5) is 5.69 Å². The van der Waals surface area contributed by atoms with Gasteiger partial charge >= 0.3 is 5.97 Å². The molecule has 1 saturated carbocycles. The third kappa shape index (κ3) is 3.79. The Kier molecular flexibility index (Phi) is 4.76. The summed E-state index contributed by atoms with van der Waals surface area (Å²) in [5.74, 6) is 0.504. The average Bonchev–Trinajstić information content (AvgIpc) is 3.12. The second kappa shape index (κ2) is 6.35. The molecule has 0 saturated heterocycles. The van der Waals surface area contributed by atoms with E-state index in [-0.39, 0.29) is 0 Å². The van der Waals surface area contributed by atoms with E-state index in [1.54, 1.807) is 16.4 Å². The van der Waals surface area contributed by atoms with E-state index < -0.39 is 5.97 Å². The molecule has 2 unspecified atom stereocenters. The minimum atomic E-state index is -0.903. The number of benzene rings is 1. The number of carbonyl (C=O) groups is 1. The van der Waals surface area contributed by atoms with Crippen molar-refractivity contribution in [2.75, 3.05) is 10.8 Å².